The van der Waals surface area contributed by atoms with Crippen LogP contribution < -0.4 is 10.2 Å². The zero-order valence-corrected chi connectivity index (χ0v) is 10.9. The van der Waals surface area contributed by atoms with Gasteiger partial charge in [-0.15, -0.1) is 0 Å². The van der Waals surface area contributed by atoms with Gasteiger partial charge in [-0.2, -0.15) is 13.2 Å². The molecule has 2 saturated heterocycles. The van der Waals surface area contributed by atoms with E-state index in [1.54, 1.807) is 4.90 Å². The Morgan fingerprint density at radius 3 is 2.48 bits per heavy atom. The molecule has 0 saturated carbocycles. The average molecular weight is 302 g/mol. The first-order valence-corrected chi connectivity index (χ1v) is 6.53. The molecular formula is C12H13F3N4O2. The lowest BCUT2D eigenvalue weighted by Crippen LogP contribution is -2.26. The number of aromatic nitrogens is 1. The Hall–Kier alpha value is -1.90. The number of fused-ring (bicyclic) bond motifs is 1. The second-order valence-corrected chi connectivity index (χ2v) is 5.40. The van der Waals surface area contributed by atoms with Crippen LogP contribution in [0.25, 0.3) is 0 Å². The van der Waals surface area contributed by atoms with Gasteiger partial charge in [-0.25, -0.2) is 4.98 Å². The summed E-state index contributed by atoms with van der Waals surface area (Å²) in [5, 5.41) is 14.2. The predicted octanol–water partition coefficient (Wildman–Crippen LogP) is 1.66. The van der Waals surface area contributed by atoms with Crippen molar-refractivity contribution >= 4 is 11.4 Å². The van der Waals surface area contributed by atoms with Gasteiger partial charge in [0.05, 0.1) is 4.92 Å². The molecule has 3 heterocycles. The van der Waals surface area contributed by atoms with Crippen LogP contribution in [0.2, 0.25) is 0 Å². The van der Waals surface area contributed by atoms with E-state index in [-0.39, 0.29) is 11.4 Å². The summed E-state index contributed by atoms with van der Waals surface area (Å²) in [6.07, 6.45) is -3.91. The molecule has 0 spiro atoms. The number of rotatable bonds is 2. The molecule has 0 bridgehead atoms. The van der Waals surface area contributed by atoms with Crippen LogP contribution in [0.5, 0.6) is 0 Å². The summed E-state index contributed by atoms with van der Waals surface area (Å²) in [6.45, 7) is 2.65. The molecule has 2 fully saturated rings. The van der Waals surface area contributed by atoms with E-state index < -0.39 is 16.8 Å². The van der Waals surface area contributed by atoms with E-state index in [9.17, 15) is 23.3 Å². The molecule has 114 valence electrons. The number of hydrogen-bond acceptors (Lipinski definition) is 5. The normalized spacial score (nSPS) is 25.2. The Kier molecular flexibility index (Phi) is 3.23. The van der Waals surface area contributed by atoms with E-state index in [1.807, 2.05) is 0 Å². The number of pyridine rings is 1. The zero-order chi connectivity index (χ0) is 15.2. The molecule has 1 N–H and O–H groups in total. The Labute approximate surface area is 118 Å². The molecule has 1 aromatic rings. The van der Waals surface area contributed by atoms with Crippen molar-refractivity contribution in [3.05, 3.63) is 28.1 Å². The third-order valence-electron chi connectivity index (χ3n) is 4.08. The molecule has 2 atom stereocenters. The molecule has 2 aliphatic heterocycles. The van der Waals surface area contributed by atoms with Gasteiger partial charge >= 0.3 is 11.9 Å². The van der Waals surface area contributed by atoms with Gasteiger partial charge in [0, 0.05) is 26.2 Å². The zero-order valence-electron chi connectivity index (χ0n) is 10.9. The van der Waals surface area contributed by atoms with E-state index in [1.165, 1.54) is 0 Å². The number of halogens is 3. The minimum atomic E-state index is -4.61. The monoisotopic (exact) mass is 302 g/mol. The molecule has 1 aromatic heterocycles. The number of anilines is 1. The highest BCUT2D eigenvalue weighted by molar-refractivity contribution is 5.63. The summed E-state index contributed by atoms with van der Waals surface area (Å²) in [6, 6.07) is 0.784. The summed E-state index contributed by atoms with van der Waals surface area (Å²) < 4.78 is 38.3. The molecular weight excluding hydrogens is 289 g/mol. The summed E-state index contributed by atoms with van der Waals surface area (Å²) in [5.41, 5.74) is -1.47. The number of nitro groups is 1. The van der Waals surface area contributed by atoms with Crippen LogP contribution in [0.3, 0.4) is 0 Å². The summed E-state index contributed by atoms with van der Waals surface area (Å²) in [4.78, 5) is 15.2. The van der Waals surface area contributed by atoms with Crippen molar-refractivity contribution in [1.82, 2.24) is 10.3 Å². The molecule has 21 heavy (non-hydrogen) atoms. The van der Waals surface area contributed by atoms with Gasteiger partial charge in [0.1, 0.15) is 17.6 Å². The van der Waals surface area contributed by atoms with Crippen molar-refractivity contribution in [1.29, 1.82) is 0 Å². The molecule has 2 aliphatic rings. The number of nitrogens with one attached hydrogen (secondary N) is 1. The topological polar surface area (TPSA) is 71.3 Å². The molecule has 0 radical (unpaired) electrons. The first-order chi connectivity index (χ1) is 9.86. The minimum absolute atomic E-state index is 0.0109. The van der Waals surface area contributed by atoms with Crippen LogP contribution in [-0.4, -0.2) is 36.1 Å². The maximum Gasteiger partial charge on any atom is 0.433 e. The smallest absolute Gasteiger partial charge is 0.365 e. The first-order valence-electron chi connectivity index (χ1n) is 6.53. The van der Waals surface area contributed by atoms with E-state index in [4.69, 9.17) is 0 Å². The third-order valence-corrected chi connectivity index (χ3v) is 4.08. The van der Waals surface area contributed by atoms with Crippen LogP contribution in [0.4, 0.5) is 24.5 Å². The van der Waals surface area contributed by atoms with Crippen LogP contribution in [-0.2, 0) is 6.18 Å². The van der Waals surface area contributed by atoms with Crippen LogP contribution in [0.15, 0.2) is 12.3 Å². The summed E-state index contributed by atoms with van der Waals surface area (Å²) >= 11 is 0. The van der Waals surface area contributed by atoms with E-state index >= 15 is 0 Å². The van der Waals surface area contributed by atoms with Crippen molar-refractivity contribution in [3.63, 3.8) is 0 Å². The second kappa shape index (κ2) is 4.83. The van der Waals surface area contributed by atoms with Crippen molar-refractivity contribution in [2.24, 2.45) is 11.8 Å². The minimum Gasteiger partial charge on any atom is -0.365 e. The lowest BCUT2D eigenvalue weighted by atomic mass is 10.0. The van der Waals surface area contributed by atoms with Crippen LogP contribution in [0, 0.1) is 22.0 Å². The van der Waals surface area contributed by atoms with Gasteiger partial charge in [-0.05, 0) is 17.9 Å². The quantitative estimate of drug-likeness (QED) is 0.664. The van der Waals surface area contributed by atoms with Crippen LogP contribution >= 0.6 is 0 Å². The molecule has 0 aliphatic carbocycles. The fraction of sp³-hybridized carbons (Fsp3) is 0.583. The van der Waals surface area contributed by atoms with Crippen LogP contribution in [0.1, 0.15) is 5.69 Å². The maximum absolute atomic E-state index is 12.8. The fourth-order valence-corrected chi connectivity index (χ4v) is 3.04. The molecule has 3 rings (SSSR count). The highest BCUT2D eigenvalue weighted by atomic mass is 19.4. The van der Waals surface area contributed by atoms with Crippen molar-refractivity contribution in [2.45, 2.75) is 6.18 Å². The Balaban J connectivity index is 1.97. The lowest BCUT2D eigenvalue weighted by molar-refractivity contribution is -0.384. The van der Waals surface area contributed by atoms with Crippen molar-refractivity contribution in [2.75, 3.05) is 31.1 Å². The number of alkyl halides is 3. The molecule has 6 nitrogen and oxygen atoms in total. The first kappa shape index (κ1) is 14.1. The second-order valence-electron chi connectivity index (χ2n) is 5.40. The van der Waals surface area contributed by atoms with Crippen molar-refractivity contribution < 1.29 is 18.1 Å². The highest BCUT2D eigenvalue weighted by Gasteiger charge is 2.40. The SMILES string of the molecule is O=[N+]([O-])c1cnc(C(F)(F)F)cc1N1C[C@H]2CNC[C@H]2C1. The fourth-order valence-electron chi connectivity index (χ4n) is 3.04. The molecule has 0 aromatic carbocycles. The standard InChI is InChI=1S/C12H13F3N4O2/c13-12(14,15)11-1-9(10(4-17-11)19(20)21)18-5-7-2-16-3-8(7)6-18/h1,4,7-8,16H,2-3,5-6H2/t7-,8+. The molecule has 9 heteroatoms. The highest BCUT2D eigenvalue weighted by Crippen LogP contribution is 2.38. The summed E-state index contributed by atoms with van der Waals surface area (Å²) in [5.74, 6) is 0.652. The molecule has 0 unspecified atom stereocenters. The summed E-state index contributed by atoms with van der Waals surface area (Å²) in [7, 11) is 0. The van der Waals surface area contributed by atoms with Crippen molar-refractivity contribution in [3.8, 4) is 0 Å². The van der Waals surface area contributed by atoms with E-state index in [0.29, 0.717) is 31.1 Å². The van der Waals surface area contributed by atoms with Gasteiger partial charge in [-0.1, -0.05) is 0 Å². The number of hydrogen-bond donors (Lipinski definition) is 1. The average Bonchev–Trinajstić information content (AvgIpc) is 2.97. The predicted molar refractivity (Wildman–Crippen MR) is 68.0 cm³/mol. The Bertz CT molecular complexity index is 566. The Morgan fingerprint density at radius 1 is 1.33 bits per heavy atom. The van der Waals surface area contributed by atoms with E-state index in [0.717, 1.165) is 19.2 Å². The number of nitrogens with zero attached hydrogens (tertiary/aromatic N) is 3. The van der Waals surface area contributed by atoms with Gasteiger partial charge < -0.3 is 10.2 Å². The van der Waals surface area contributed by atoms with Gasteiger partial charge in [0.2, 0.25) is 0 Å². The molecule has 0 amide bonds. The third kappa shape index (κ3) is 2.53. The van der Waals surface area contributed by atoms with Gasteiger partial charge in [0.25, 0.3) is 0 Å². The van der Waals surface area contributed by atoms with Gasteiger partial charge in [-0.3, -0.25) is 10.1 Å². The van der Waals surface area contributed by atoms with E-state index in [2.05, 4.69) is 10.3 Å². The Morgan fingerprint density at radius 2 is 1.95 bits per heavy atom. The maximum atomic E-state index is 12.8. The lowest BCUT2D eigenvalue weighted by Gasteiger charge is -2.20. The van der Waals surface area contributed by atoms with Gasteiger partial charge in [0.15, 0.2) is 0 Å². The largest absolute Gasteiger partial charge is 0.433 e.